The molecule has 6 heteroatoms. The Bertz CT molecular complexity index is 648. The molecule has 2 rings (SSSR count). The van der Waals surface area contributed by atoms with Gasteiger partial charge in [-0.2, -0.15) is 0 Å². The topological polar surface area (TPSA) is 60.0 Å². The number of carbonyl (C=O) groups excluding carboxylic acids is 1. The molecule has 0 radical (unpaired) electrons. The van der Waals surface area contributed by atoms with E-state index in [2.05, 4.69) is 58.9 Å². The second kappa shape index (κ2) is 9.74. The molecule has 1 amide bonds. The lowest BCUT2D eigenvalue weighted by Crippen LogP contribution is -2.49. The van der Waals surface area contributed by atoms with Crippen LogP contribution in [0.5, 0.6) is 0 Å². The van der Waals surface area contributed by atoms with Gasteiger partial charge in [0.15, 0.2) is 5.96 Å². The highest BCUT2D eigenvalue weighted by atomic mass is 16.2. The Kier molecular flexibility index (Phi) is 7.66. The highest BCUT2D eigenvalue weighted by Gasteiger charge is 2.42. The lowest BCUT2D eigenvalue weighted by Gasteiger charge is -2.31. The van der Waals surface area contributed by atoms with Gasteiger partial charge in [-0.05, 0) is 38.1 Å². The summed E-state index contributed by atoms with van der Waals surface area (Å²) >= 11 is 0. The fourth-order valence-electron chi connectivity index (χ4n) is 3.87. The number of guanidine groups is 1. The van der Waals surface area contributed by atoms with E-state index in [0.717, 1.165) is 38.2 Å². The number of hydrogen-bond acceptors (Lipinski definition) is 3. The molecule has 0 spiro atoms. The van der Waals surface area contributed by atoms with Crippen molar-refractivity contribution in [2.45, 2.75) is 38.8 Å². The van der Waals surface area contributed by atoms with Crippen LogP contribution in [0.2, 0.25) is 0 Å². The predicted molar refractivity (Wildman–Crippen MR) is 112 cm³/mol. The third kappa shape index (κ3) is 5.70. The Morgan fingerprint density at radius 2 is 1.70 bits per heavy atom. The summed E-state index contributed by atoms with van der Waals surface area (Å²) in [5, 5.41) is 6.80. The summed E-state index contributed by atoms with van der Waals surface area (Å²) in [7, 11) is 9.62. The number of nitrogens with one attached hydrogen (secondary N) is 2. The number of amides is 1. The largest absolute Gasteiger partial charge is 0.355 e. The van der Waals surface area contributed by atoms with Crippen molar-refractivity contribution in [3.63, 3.8) is 0 Å². The molecule has 0 atom stereocenters. The van der Waals surface area contributed by atoms with Crippen LogP contribution in [-0.4, -0.2) is 63.4 Å². The lowest BCUT2D eigenvalue weighted by atomic mass is 9.84. The van der Waals surface area contributed by atoms with Gasteiger partial charge in [-0.25, -0.2) is 0 Å². The minimum Gasteiger partial charge on any atom is -0.355 e. The van der Waals surface area contributed by atoms with Crippen LogP contribution in [0.4, 0.5) is 0 Å². The molecule has 1 fully saturated rings. The normalized spacial score (nSPS) is 16.4. The van der Waals surface area contributed by atoms with Crippen molar-refractivity contribution in [2.75, 3.05) is 41.8 Å². The van der Waals surface area contributed by atoms with Crippen LogP contribution in [-0.2, 0) is 17.9 Å². The number of benzene rings is 1. The molecule has 0 aromatic heterocycles. The van der Waals surface area contributed by atoms with Gasteiger partial charge in [0.05, 0.1) is 5.41 Å². The van der Waals surface area contributed by atoms with E-state index in [1.165, 1.54) is 11.1 Å². The van der Waals surface area contributed by atoms with Crippen LogP contribution in [0, 0.1) is 5.41 Å². The Balaban J connectivity index is 1.98. The van der Waals surface area contributed by atoms with Crippen LogP contribution in [0.15, 0.2) is 29.3 Å². The van der Waals surface area contributed by atoms with Crippen LogP contribution in [0.25, 0.3) is 0 Å². The summed E-state index contributed by atoms with van der Waals surface area (Å²) in [5.74, 6) is 0.965. The van der Waals surface area contributed by atoms with Crippen LogP contribution in [0.1, 0.15) is 36.8 Å². The minimum absolute atomic E-state index is 0.222. The van der Waals surface area contributed by atoms with Gasteiger partial charge < -0.3 is 20.4 Å². The molecule has 150 valence electrons. The van der Waals surface area contributed by atoms with Crippen LogP contribution in [0.3, 0.4) is 0 Å². The third-order valence-corrected chi connectivity index (χ3v) is 5.29. The fourth-order valence-corrected chi connectivity index (χ4v) is 3.87. The molecule has 1 aliphatic carbocycles. The van der Waals surface area contributed by atoms with Crippen molar-refractivity contribution in [1.29, 1.82) is 0 Å². The van der Waals surface area contributed by atoms with Crippen molar-refractivity contribution in [3.8, 4) is 0 Å². The van der Waals surface area contributed by atoms with E-state index in [9.17, 15) is 4.79 Å². The maximum Gasteiger partial charge on any atom is 0.230 e. The van der Waals surface area contributed by atoms with Gasteiger partial charge in [0.1, 0.15) is 0 Å². The Hall–Kier alpha value is -2.08. The Labute approximate surface area is 164 Å². The standard InChI is InChI=1S/C21H35N5O/c1-22-20(23-14-17-10-6-7-11-18(17)15-25(2)3)24-16-21(12-8-9-13-21)19(27)26(4)5/h6-7,10-11H,8-9,12-16H2,1-5H3,(H2,22,23,24). The minimum atomic E-state index is -0.302. The first-order valence-corrected chi connectivity index (χ1v) is 9.76. The molecular weight excluding hydrogens is 338 g/mol. The molecule has 0 heterocycles. The van der Waals surface area contributed by atoms with Gasteiger partial charge in [-0.15, -0.1) is 0 Å². The van der Waals surface area contributed by atoms with Crippen molar-refractivity contribution in [2.24, 2.45) is 10.4 Å². The van der Waals surface area contributed by atoms with E-state index in [1.807, 2.05) is 14.1 Å². The summed E-state index contributed by atoms with van der Waals surface area (Å²) < 4.78 is 0. The van der Waals surface area contributed by atoms with Gasteiger partial charge in [0.2, 0.25) is 5.91 Å². The smallest absolute Gasteiger partial charge is 0.230 e. The Morgan fingerprint density at radius 1 is 1.07 bits per heavy atom. The molecule has 0 saturated heterocycles. The molecule has 0 bridgehead atoms. The molecule has 0 aliphatic heterocycles. The van der Waals surface area contributed by atoms with E-state index < -0.39 is 0 Å². The lowest BCUT2D eigenvalue weighted by molar-refractivity contribution is -0.138. The predicted octanol–water partition coefficient (Wildman–Crippen LogP) is 2.06. The van der Waals surface area contributed by atoms with Crippen molar-refractivity contribution in [3.05, 3.63) is 35.4 Å². The highest BCUT2D eigenvalue weighted by Crippen LogP contribution is 2.38. The molecule has 1 aliphatic rings. The van der Waals surface area contributed by atoms with Crippen molar-refractivity contribution in [1.82, 2.24) is 20.4 Å². The summed E-state index contributed by atoms with van der Waals surface area (Å²) in [4.78, 5) is 21.0. The van der Waals surface area contributed by atoms with Gasteiger partial charge in [-0.1, -0.05) is 37.1 Å². The maximum absolute atomic E-state index is 12.7. The number of carbonyl (C=O) groups is 1. The van der Waals surface area contributed by atoms with Gasteiger partial charge >= 0.3 is 0 Å². The summed E-state index contributed by atoms with van der Waals surface area (Å²) in [5.41, 5.74) is 2.26. The molecule has 1 aromatic carbocycles. The van der Waals surface area contributed by atoms with Crippen LogP contribution < -0.4 is 10.6 Å². The number of hydrogen-bond donors (Lipinski definition) is 2. The summed E-state index contributed by atoms with van der Waals surface area (Å²) in [6.45, 7) is 2.24. The maximum atomic E-state index is 12.7. The van der Waals surface area contributed by atoms with Crippen molar-refractivity contribution < 1.29 is 4.79 Å². The first kappa shape index (κ1) is 21.2. The zero-order chi connectivity index (χ0) is 19.9. The summed E-state index contributed by atoms with van der Waals surface area (Å²) in [6.07, 6.45) is 4.12. The number of nitrogens with zero attached hydrogens (tertiary/aromatic N) is 3. The quantitative estimate of drug-likeness (QED) is 0.567. The first-order valence-electron chi connectivity index (χ1n) is 9.76. The molecule has 6 nitrogen and oxygen atoms in total. The van der Waals surface area contributed by atoms with E-state index in [0.29, 0.717) is 13.1 Å². The first-order chi connectivity index (χ1) is 12.9. The van der Waals surface area contributed by atoms with Gasteiger partial charge in [0.25, 0.3) is 0 Å². The number of rotatable bonds is 7. The second-order valence-electron chi connectivity index (χ2n) is 7.97. The SMILES string of the molecule is CN=C(NCc1ccccc1CN(C)C)NCC1(C(=O)N(C)C)CCCC1. The van der Waals surface area contributed by atoms with Gasteiger partial charge in [-0.3, -0.25) is 9.79 Å². The highest BCUT2D eigenvalue weighted by molar-refractivity contribution is 5.85. The zero-order valence-corrected chi connectivity index (χ0v) is 17.5. The second-order valence-corrected chi connectivity index (χ2v) is 7.97. The average Bonchev–Trinajstić information content (AvgIpc) is 3.12. The van der Waals surface area contributed by atoms with E-state index in [1.54, 1.807) is 11.9 Å². The van der Waals surface area contributed by atoms with Crippen molar-refractivity contribution >= 4 is 11.9 Å². The monoisotopic (exact) mass is 373 g/mol. The number of aliphatic imine (C=N–C) groups is 1. The van der Waals surface area contributed by atoms with Crippen LogP contribution >= 0.6 is 0 Å². The Morgan fingerprint density at radius 3 is 2.26 bits per heavy atom. The molecule has 27 heavy (non-hydrogen) atoms. The molecular formula is C21H35N5O. The van der Waals surface area contributed by atoms with Gasteiger partial charge in [0, 0.05) is 40.8 Å². The van der Waals surface area contributed by atoms with E-state index in [-0.39, 0.29) is 11.3 Å². The summed E-state index contributed by atoms with van der Waals surface area (Å²) in [6, 6.07) is 8.45. The zero-order valence-electron chi connectivity index (χ0n) is 17.5. The molecule has 1 saturated carbocycles. The molecule has 0 unspecified atom stereocenters. The average molecular weight is 374 g/mol. The molecule has 1 aromatic rings. The van der Waals surface area contributed by atoms with E-state index >= 15 is 0 Å². The van der Waals surface area contributed by atoms with E-state index in [4.69, 9.17) is 0 Å². The third-order valence-electron chi connectivity index (χ3n) is 5.29. The molecule has 2 N–H and O–H groups in total. The fraction of sp³-hybridized carbons (Fsp3) is 0.619.